The second kappa shape index (κ2) is 4.63. The van der Waals surface area contributed by atoms with Crippen molar-refractivity contribution in [1.29, 1.82) is 0 Å². The highest BCUT2D eigenvalue weighted by molar-refractivity contribution is 7.07. The zero-order valence-corrected chi connectivity index (χ0v) is 8.82. The molecule has 0 fully saturated rings. The first-order chi connectivity index (χ1) is 5.75. The zero-order valence-electron chi connectivity index (χ0n) is 8.00. The van der Waals surface area contributed by atoms with Gasteiger partial charge >= 0.3 is 0 Å². The fraction of sp³-hybridized carbons (Fsp3) is 0.600. The van der Waals surface area contributed by atoms with Crippen molar-refractivity contribution >= 4 is 11.3 Å². The Hall–Kier alpha value is -0.340. The van der Waals surface area contributed by atoms with Crippen LogP contribution in [0.2, 0.25) is 0 Å². The van der Waals surface area contributed by atoms with Gasteiger partial charge in [-0.05, 0) is 47.8 Å². The minimum Gasteiger partial charge on any atom is -0.319 e. The van der Waals surface area contributed by atoms with Gasteiger partial charge in [-0.2, -0.15) is 11.3 Å². The lowest BCUT2D eigenvalue weighted by atomic mass is 9.91. The minimum atomic E-state index is 0.670. The van der Waals surface area contributed by atoms with Crippen molar-refractivity contribution in [3.05, 3.63) is 22.4 Å². The zero-order chi connectivity index (χ0) is 8.97. The van der Waals surface area contributed by atoms with E-state index >= 15 is 0 Å². The molecule has 0 aliphatic rings. The third-order valence-corrected chi connectivity index (χ3v) is 3.15. The summed E-state index contributed by atoms with van der Waals surface area (Å²) in [5.41, 5.74) is 1.47. The van der Waals surface area contributed by atoms with Gasteiger partial charge in [0, 0.05) is 0 Å². The molecule has 0 bridgehead atoms. The van der Waals surface area contributed by atoms with Crippen LogP contribution < -0.4 is 5.32 Å². The fourth-order valence-electron chi connectivity index (χ4n) is 1.36. The first-order valence-electron chi connectivity index (χ1n) is 4.42. The van der Waals surface area contributed by atoms with Crippen molar-refractivity contribution in [3.63, 3.8) is 0 Å². The number of hydrogen-bond donors (Lipinski definition) is 1. The van der Waals surface area contributed by atoms with E-state index in [1.54, 1.807) is 11.3 Å². The van der Waals surface area contributed by atoms with Gasteiger partial charge in [-0.1, -0.05) is 13.8 Å². The van der Waals surface area contributed by atoms with Crippen LogP contribution in [0.15, 0.2) is 16.8 Å². The lowest BCUT2D eigenvalue weighted by molar-refractivity contribution is 0.467. The van der Waals surface area contributed by atoms with Crippen molar-refractivity contribution in [2.24, 2.45) is 5.92 Å². The molecule has 0 radical (unpaired) electrons. The SMILES string of the molecule is CNCC(C)C(C)c1ccsc1. The summed E-state index contributed by atoms with van der Waals surface area (Å²) < 4.78 is 0. The van der Waals surface area contributed by atoms with E-state index in [4.69, 9.17) is 0 Å². The first kappa shape index (κ1) is 9.75. The van der Waals surface area contributed by atoms with E-state index in [-0.39, 0.29) is 0 Å². The quantitative estimate of drug-likeness (QED) is 0.757. The lowest BCUT2D eigenvalue weighted by Gasteiger charge is -2.18. The monoisotopic (exact) mass is 183 g/mol. The maximum absolute atomic E-state index is 3.21. The number of rotatable bonds is 4. The summed E-state index contributed by atoms with van der Waals surface area (Å²) in [5, 5.41) is 7.61. The topological polar surface area (TPSA) is 12.0 Å². The van der Waals surface area contributed by atoms with Gasteiger partial charge in [-0.25, -0.2) is 0 Å². The van der Waals surface area contributed by atoms with Crippen molar-refractivity contribution < 1.29 is 0 Å². The van der Waals surface area contributed by atoms with Gasteiger partial charge in [-0.15, -0.1) is 0 Å². The highest BCUT2D eigenvalue weighted by Crippen LogP contribution is 2.25. The molecule has 0 aromatic carbocycles. The van der Waals surface area contributed by atoms with Crippen LogP contribution in [-0.2, 0) is 0 Å². The molecule has 1 nitrogen and oxygen atoms in total. The minimum absolute atomic E-state index is 0.670. The Morgan fingerprint density at radius 3 is 2.75 bits per heavy atom. The second-order valence-electron chi connectivity index (χ2n) is 3.38. The van der Waals surface area contributed by atoms with Crippen molar-refractivity contribution in [2.75, 3.05) is 13.6 Å². The summed E-state index contributed by atoms with van der Waals surface area (Å²) >= 11 is 1.78. The summed E-state index contributed by atoms with van der Waals surface area (Å²) in [6.45, 7) is 5.68. The normalized spacial score (nSPS) is 15.9. The molecule has 0 saturated carbocycles. The standard InChI is InChI=1S/C10H17NS/c1-8(6-11-3)9(2)10-4-5-12-7-10/h4-5,7-9,11H,6H2,1-3H3. The number of nitrogens with one attached hydrogen (secondary N) is 1. The average Bonchev–Trinajstić information content (AvgIpc) is 2.55. The van der Waals surface area contributed by atoms with Crippen LogP contribution in [0, 0.1) is 5.92 Å². The second-order valence-corrected chi connectivity index (χ2v) is 4.16. The number of hydrogen-bond acceptors (Lipinski definition) is 2. The van der Waals surface area contributed by atoms with Crippen LogP contribution in [0.5, 0.6) is 0 Å². The molecule has 0 saturated heterocycles. The Kier molecular flexibility index (Phi) is 3.76. The van der Waals surface area contributed by atoms with Gasteiger partial charge in [0.1, 0.15) is 0 Å². The maximum Gasteiger partial charge on any atom is -0.00204 e. The Labute approximate surface area is 78.8 Å². The molecule has 1 heterocycles. The number of thiophene rings is 1. The van der Waals surface area contributed by atoms with E-state index in [1.807, 2.05) is 7.05 Å². The maximum atomic E-state index is 3.21. The molecule has 1 rings (SSSR count). The molecule has 1 aromatic heterocycles. The van der Waals surface area contributed by atoms with Crippen LogP contribution in [0.3, 0.4) is 0 Å². The third-order valence-electron chi connectivity index (χ3n) is 2.45. The Morgan fingerprint density at radius 1 is 1.50 bits per heavy atom. The van der Waals surface area contributed by atoms with E-state index < -0.39 is 0 Å². The molecule has 0 aliphatic heterocycles. The first-order valence-corrected chi connectivity index (χ1v) is 5.36. The molecule has 2 atom stereocenters. The fourth-order valence-corrected chi connectivity index (χ4v) is 2.13. The van der Waals surface area contributed by atoms with E-state index in [1.165, 1.54) is 5.56 Å². The summed E-state index contributed by atoms with van der Waals surface area (Å²) in [4.78, 5) is 0. The average molecular weight is 183 g/mol. The molecular formula is C10H17NS. The molecule has 0 amide bonds. The van der Waals surface area contributed by atoms with Gasteiger partial charge in [0.2, 0.25) is 0 Å². The summed E-state index contributed by atoms with van der Waals surface area (Å²) in [7, 11) is 2.01. The molecule has 0 spiro atoms. The molecular weight excluding hydrogens is 166 g/mol. The Bertz CT molecular complexity index is 206. The molecule has 0 aliphatic carbocycles. The van der Waals surface area contributed by atoms with Crippen LogP contribution in [-0.4, -0.2) is 13.6 Å². The summed E-state index contributed by atoms with van der Waals surface area (Å²) in [6.07, 6.45) is 0. The van der Waals surface area contributed by atoms with E-state index in [2.05, 4.69) is 36.0 Å². The van der Waals surface area contributed by atoms with E-state index in [0.717, 1.165) is 6.54 Å². The van der Waals surface area contributed by atoms with Crippen LogP contribution in [0.4, 0.5) is 0 Å². The Morgan fingerprint density at radius 2 is 2.25 bits per heavy atom. The molecule has 1 aromatic rings. The van der Waals surface area contributed by atoms with Gasteiger partial charge in [0.25, 0.3) is 0 Å². The third kappa shape index (κ3) is 2.32. The van der Waals surface area contributed by atoms with Crippen LogP contribution in [0.25, 0.3) is 0 Å². The van der Waals surface area contributed by atoms with Crippen LogP contribution in [0.1, 0.15) is 25.3 Å². The van der Waals surface area contributed by atoms with Crippen molar-refractivity contribution in [3.8, 4) is 0 Å². The summed E-state index contributed by atoms with van der Waals surface area (Å²) in [5.74, 6) is 1.38. The predicted octanol–water partition coefficient (Wildman–Crippen LogP) is 2.71. The van der Waals surface area contributed by atoms with Crippen molar-refractivity contribution in [1.82, 2.24) is 5.32 Å². The smallest absolute Gasteiger partial charge is 0.00204 e. The highest BCUT2D eigenvalue weighted by atomic mass is 32.1. The predicted molar refractivity (Wildman–Crippen MR) is 55.8 cm³/mol. The van der Waals surface area contributed by atoms with Gasteiger partial charge < -0.3 is 5.32 Å². The van der Waals surface area contributed by atoms with E-state index in [0.29, 0.717) is 11.8 Å². The van der Waals surface area contributed by atoms with E-state index in [9.17, 15) is 0 Å². The van der Waals surface area contributed by atoms with Crippen molar-refractivity contribution in [2.45, 2.75) is 19.8 Å². The summed E-state index contributed by atoms with van der Waals surface area (Å²) in [6, 6.07) is 2.22. The van der Waals surface area contributed by atoms with Gasteiger partial charge in [0.15, 0.2) is 0 Å². The largest absolute Gasteiger partial charge is 0.319 e. The molecule has 1 N–H and O–H groups in total. The van der Waals surface area contributed by atoms with Crippen LogP contribution >= 0.6 is 11.3 Å². The Balaban J connectivity index is 2.53. The van der Waals surface area contributed by atoms with Gasteiger partial charge in [0.05, 0.1) is 0 Å². The van der Waals surface area contributed by atoms with Gasteiger partial charge in [-0.3, -0.25) is 0 Å². The molecule has 2 unspecified atom stereocenters. The highest BCUT2D eigenvalue weighted by Gasteiger charge is 2.13. The molecule has 2 heteroatoms. The molecule has 68 valence electrons. The molecule has 12 heavy (non-hydrogen) atoms. The lowest BCUT2D eigenvalue weighted by Crippen LogP contribution is -2.20.